The summed E-state index contributed by atoms with van der Waals surface area (Å²) in [4.78, 5) is 22.6. The van der Waals surface area contributed by atoms with Gasteiger partial charge in [-0.25, -0.2) is 4.79 Å². The van der Waals surface area contributed by atoms with E-state index in [1.165, 1.54) is 16.7 Å². The highest BCUT2D eigenvalue weighted by Gasteiger charge is 2.31. The molecule has 0 aromatic rings. The zero-order chi connectivity index (χ0) is 8.43. The fourth-order valence-corrected chi connectivity index (χ4v) is 2.07. The van der Waals surface area contributed by atoms with E-state index in [1.807, 2.05) is 0 Å². The van der Waals surface area contributed by atoms with E-state index < -0.39 is 18.0 Å². The second-order valence-corrected chi connectivity index (χ2v) is 3.23. The van der Waals surface area contributed by atoms with Crippen LogP contribution in [0, 0.1) is 0 Å². The molecule has 3 amide bonds. The molecule has 1 fully saturated rings. The van der Waals surface area contributed by atoms with Gasteiger partial charge in [0.05, 0.1) is 5.88 Å². The van der Waals surface area contributed by atoms with Gasteiger partial charge in [-0.3, -0.25) is 4.79 Å². The fraction of sp³-hybridized carbons (Fsp3) is 0.600. The van der Waals surface area contributed by atoms with Crippen molar-refractivity contribution < 1.29 is 9.59 Å². The van der Waals surface area contributed by atoms with E-state index in [2.05, 4.69) is 0 Å². The van der Waals surface area contributed by atoms with Gasteiger partial charge in [-0.05, 0) is 0 Å². The lowest BCUT2D eigenvalue weighted by Crippen LogP contribution is -2.47. The number of hydrogen-bond donors (Lipinski definition) is 2. The average molecular weight is 175 g/mol. The summed E-state index contributed by atoms with van der Waals surface area (Å²) < 4.78 is 0. The predicted molar refractivity (Wildman–Crippen MR) is 41.7 cm³/mol. The van der Waals surface area contributed by atoms with Gasteiger partial charge in [0.15, 0.2) is 0 Å². The first-order chi connectivity index (χ1) is 5.13. The van der Waals surface area contributed by atoms with Crippen LogP contribution in [0.3, 0.4) is 0 Å². The minimum absolute atomic E-state index is 0.461. The van der Waals surface area contributed by atoms with Crippen LogP contribution in [0.5, 0.6) is 0 Å². The van der Waals surface area contributed by atoms with Crippen LogP contribution in [-0.4, -0.2) is 34.5 Å². The molecule has 0 aromatic carbocycles. The summed E-state index contributed by atoms with van der Waals surface area (Å²) >= 11 is 1.47. The molecule has 0 saturated carbocycles. The molecular formula is C5H9N3O2S. The van der Waals surface area contributed by atoms with Crippen molar-refractivity contribution in [2.75, 3.05) is 11.6 Å². The van der Waals surface area contributed by atoms with Crippen molar-refractivity contribution >= 4 is 23.7 Å². The number of primary amides is 2. The van der Waals surface area contributed by atoms with Gasteiger partial charge in [-0.15, -0.1) is 11.8 Å². The molecule has 62 valence electrons. The molecule has 11 heavy (non-hydrogen) atoms. The normalized spacial score (nSPS) is 23.6. The molecule has 4 N–H and O–H groups in total. The molecule has 1 rings (SSSR count). The molecule has 0 bridgehead atoms. The number of hydrogen-bond acceptors (Lipinski definition) is 3. The topological polar surface area (TPSA) is 89.4 Å². The Morgan fingerprint density at radius 3 is 2.45 bits per heavy atom. The van der Waals surface area contributed by atoms with Crippen molar-refractivity contribution in [3.63, 3.8) is 0 Å². The number of nitrogens with two attached hydrogens (primary N) is 2. The summed E-state index contributed by atoms with van der Waals surface area (Å²) in [5, 5.41) is 0. The molecule has 1 heterocycles. The van der Waals surface area contributed by atoms with Crippen LogP contribution in [0.1, 0.15) is 0 Å². The zero-order valence-corrected chi connectivity index (χ0v) is 6.63. The standard InChI is InChI=1S/C5H9N3O2S/c6-4(9)3-1-11-2-8(3)5(7)10/h3H,1-2H2,(H2,6,9)(H2,7,10). The van der Waals surface area contributed by atoms with Gasteiger partial charge in [0.25, 0.3) is 0 Å². The van der Waals surface area contributed by atoms with Crippen molar-refractivity contribution in [1.82, 2.24) is 4.90 Å². The summed E-state index contributed by atoms with van der Waals surface area (Å²) in [7, 11) is 0. The van der Waals surface area contributed by atoms with E-state index in [-0.39, 0.29) is 0 Å². The Bertz CT molecular complexity index is 176. The monoisotopic (exact) mass is 175 g/mol. The van der Waals surface area contributed by atoms with Gasteiger partial charge in [-0.2, -0.15) is 0 Å². The van der Waals surface area contributed by atoms with E-state index >= 15 is 0 Å². The van der Waals surface area contributed by atoms with E-state index in [0.717, 1.165) is 0 Å². The molecule has 0 aromatic heterocycles. The Balaban J connectivity index is 2.65. The Morgan fingerprint density at radius 2 is 2.09 bits per heavy atom. The van der Waals surface area contributed by atoms with Crippen LogP contribution in [0.15, 0.2) is 0 Å². The van der Waals surface area contributed by atoms with Crippen LogP contribution in [-0.2, 0) is 4.79 Å². The number of carbonyl (C=O) groups excluding carboxylic acids is 2. The van der Waals surface area contributed by atoms with Crippen molar-refractivity contribution in [1.29, 1.82) is 0 Å². The summed E-state index contributed by atoms with van der Waals surface area (Å²) in [6.07, 6.45) is 0. The minimum atomic E-state index is -0.584. The minimum Gasteiger partial charge on any atom is -0.368 e. The van der Waals surface area contributed by atoms with Crippen molar-refractivity contribution in [3.8, 4) is 0 Å². The van der Waals surface area contributed by atoms with Gasteiger partial charge in [0, 0.05) is 5.75 Å². The summed E-state index contributed by atoms with van der Waals surface area (Å²) in [6.45, 7) is 0. The SMILES string of the molecule is NC(=O)C1CSCN1C(N)=O. The first-order valence-corrected chi connectivity index (χ1v) is 4.21. The lowest BCUT2D eigenvalue weighted by Gasteiger charge is -2.17. The molecule has 0 radical (unpaired) electrons. The number of urea groups is 1. The highest BCUT2D eigenvalue weighted by atomic mass is 32.2. The van der Waals surface area contributed by atoms with E-state index in [4.69, 9.17) is 11.5 Å². The van der Waals surface area contributed by atoms with Gasteiger partial charge in [-0.1, -0.05) is 0 Å². The maximum Gasteiger partial charge on any atom is 0.316 e. The largest absolute Gasteiger partial charge is 0.368 e. The smallest absolute Gasteiger partial charge is 0.316 e. The van der Waals surface area contributed by atoms with Gasteiger partial charge in [0.2, 0.25) is 5.91 Å². The number of carbonyl (C=O) groups is 2. The number of rotatable bonds is 1. The molecule has 6 heteroatoms. The van der Waals surface area contributed by atoms with Crippen LogP contribution in [0.25, 0.3) is 0 Å². The maximum absolute atomic E-state index is 10.7. The summed E-state index contributed by atoms with van der Waals surface area (Å²) in [5.41, 5.74) is 10.0. The molecule has 0 aliphatic carbocycles. The van der Waals surface area contributed by atoms with Crippen LogP contribution in [0.2, 0.25) is 0 Å². The maximum atomic E-state index is 10.7. The Hall–Kier alpha value is -0.910. The number of amides is 3. The van der Waals surface area contributed by atoms with Crippen LogP contribution >= 0.6 is 11.8 Å². The lowest BCUT2D eigenvalue weighted by atomic mass is 10.3. The quantitative estimate of drug-likeness (QED) is 0.531. The molecule has 1 unspecified atom stereocenters. The Kier molecular flexibility index (Phi) is 2.23. The van der Waals surface area contributed by atoms with E-state index in [9.17, 15) is 9.59 Å². The molecule has 1 aliphatic heterocycles. The first-order valence-electron chi connectivity index (χ1n) is 3.06. The summed E-state index contributed by atoms with van der Waals surface area (Å²) in [6, 6.07) is -1.10. The third-order valence-electron chi connectivity index (χ3n) is 1.49. The van der Waals surface area contributed by atoms with Gasteiger partial charge in [0.1, 0.15) is 6.04 Å². The molecule has 1 saturated heterocycles. The van der Waals surface area contributed by atoms with Gasteiger partial charge < -0.3 is 16.4 Å². The first kappa shape index (κ1) is 8.19. The zero-order valence-electron chi connectivity index (χ0n) is 5.82. The third-order valence-corrected chi connectivity index (χ3v) is 2.51. The predicted octanol–water partition coefficient (Wildman–Crippen LogP) is -1.07. The Morgan fingerprint density at radius 1 is 1.45 bits per heavy atom. The molecule has 1 aliphatic rings. The highest BCUT2D eigenvalue weighted by Crippen LogP contribution is 2.19. The lowest BCUT2D eigenvalue weighted by molar-refractivity contribution is -0.121. The van der Waals surface area contributed by atoms with Crippen molar-refractivity contribution in [2.45, 2.75) is 6.04 Å². The second-order valence-electron chi connectivity index (χ2n) is 2.23. The van der Waals surface area contributed by atoms with Crippen molar-refractivity contribution in [2.24, 2.45) is 11.5 Å². The number of thioether (sulfide) groups is 1. The molecule has 1 atom stereocenters. The van der Waals surface area contributed by atoms with Crippen LogP contribution < -0.4 is 11.5 Å². The van der Waals surface area contributed by atoms with E-state index in [1.54, 1.807) is 0 Å². The average Bonchev–Trinajstić information content (AvgIpc) is 2.32. The second kappa shape index (κ2) is 3.00. The van der Waals surface area contributed by atoms with E-state index in [0.29, 0.717) is 11.6 Å². The number of nitrogens with zero attached hydrogens (tertiary/aromatic N) is 1. The molecule has 5 nitrogen and oxygen atoms in total. The third kappa shape index (κ3) is 1.56. The summed E-state index contributed by atoms with van der Waals surface area (Å²) in [5.74, 6) is 0.523. The fourth-order valence-electron chi connectivity index (χ4n) is 0.896. The van der Waals surface area contributed by atoms with Crippen molar-refractivity contribution in [3.05, 3.63) is 0 Å². The highest BCUT2D eigenvalue weighted by molar-refractivity contribution is 7.99. The molecule has 0 spiro atoms. The van der Waals surface area contributed by atoms with Gasteiger partial charge >= 0.3 is 6.03 Å². The Labute approximate surface area is 68.1 Å². The van der Waals surface area contributed by atoms with Crippen LogP contribution in [0.4, 0.5) is 4.79 Å². The molecular weight excluding hydrogens is 166 g/mol.